The summed E-state index contributed by atoms with van der Waals surface area (Å²) in [5.74, 6) is 0.119. The number of benzene rings is 3. The Labute approximate surface area is 208 Å². The highest BCUT2D eigenvalue weighted by atomic mass is 16.5. The van der Waals surface area contributed by atoms with Gasteiger partial charge in [-0.15, -0.1) is 0 Å². The topological polar surface area (TPSA) is 115 Å². The SMILES string of the molecule is CC1Oc2cccc(c2)NC(=O)[C@H](C)Oc2cccc(c2)NC(=O)[C@H](C)Oc2cccc(c2)NC1=O. The van der Waals surface area contributed by atoms with Crippen molar-refractivity contribution < 1.29 is 28.6 Å². The number of rotatable bonds is 0. The van der Waals surface area contributed by atoms with Gasteiger partial charge in [0, 0.05) is 35.3 Å². The average molecular weight is 490 g/mol. The van der Waals surface area contributed by atoms with Crippen LogP contribution in [-0.2, 0) is 14.4 Å². The molecule has 1 heterocycles. The van der Waals surface area contributed by atoms with Crippen LogP contribution in [0.5, 0.6) is 17.2 Å². The van der Waals surface area contributed by atoms with Crippen LogP contribution in [-0.4, -0.2) is 36.0 Å². The molecule has 0 fully saturated rings. The van der Waals surface area contributed by atoms with Gasteiger partial charge in [0.1, 0.15) is 17.2 Å². The van der Waals surface area contributed by atoms with E-state index in [1.807, 2.05) is 0 Å². The third-order valence-electron chi connectivity index (χ3n) is 5.35. The first-order chi connectivity index (χ1) is 17.3. The molecule has 36 heavy (non-hydrogen) atoms. The van der Waals surface area contributed by atoms with Crippen LogP contribution in [0.25, 0.3) is 0 Å². The van der Waals surface area contributed by atoms with E-state index in [0.29, 0.717) is 34.3 Å². The Morgan fingerprint density at radius 3 is 1.06 bits per heavy atom. The first-order valence-corrected chi connectivity index (χ1v) is 11.5. The van der Waals surface area contributed by atoms with Gasteiger partial charge in [0.25, 0.3) is 17.7 Å². The van der Waals surface area contributed by atoms with E-state index >= 15 is 0 Å². The zero-order valence-corrected chi connectivity index (χ0v) is 20.1. The van der Waals surface area contributed by atoms with Crippen LogP contribution < -0.4 is 30.2 Å². The third-order valence-corrected chi connectivity index (χ3v) is 5.35. The second-order valence-electron chi connectivity index (χ2n) is 8.33. The molecule has 1 unspecified atom stereocenters. The highest BCUT2D eigenvalue weighted by Gasteiger charge is 2.20. The summed E-state index contributed by atoms with van der Waals surface area (Å²) in [5, 5.41) is 8.35. The average Bonchev–Trinajstić information content (AvgIpc) is 2.84. The molecule has 0 saturated carbocycles. The molecule has 3 aromatic rings. The lowest BCUT2D eigenvalue weighted by Gasteiger charge is -2.17. The number of carbonyl (C=O) groups excluding carboxylic acids is 3. The number of nitrogens with one attached hydrogen (secondary N) is 3. The molecule has 186 valence electrons. The zero-order chi connectivity index (χ0) is 25.7. The highest BCUT2D eigenvalue weighted by Crippen LogP contribution is 2.23. The van der Waals surface area contributed by atoms with E-state index < -0.39 is 18.3 Å². The highest BCUT2D eigenvalue weighted by molar-refractivity contribution is 5.96. The van der Waals surface area contributed by atoms with Gasteiger partial charge in [-0.1, -0.05) is 18.2 Å². The Morgan fingerprint density at radius 1 is 0.500 bits per heavy atom. The van der Waals surface area contributed by atoms with Crippen LogP contribution >= 0.6 is 0 Å². The molecule has 0 aromatic heterocycles. The van der Waals surface area contributed by atoms with E-state index in [-0.39, 0.29) is 17.7 Å². The Balaban J connectivity index is 1.62. The van der Waals surface area contributed by atoms with Crippen molar-refractivity contribution in [2.45, 2.75) is 39.1 Å². The summed E-state index contributed by atoms with van der Waals surface area (Å²) in [6.07, 6.45) is -2.48. The van der Waals surface area contributed by atoms with Gasteiger partial charge >= 0.3 is 0 Å². The molecule has 9 nitrogen and oxygen atoms in total. The molecule has 3 amide bonds. The van der Waals surface area contributed by atoms with Crippen LogP contribution in [0.2, 0.25) is 0 Å². The van der Waals surface area contributed by atoms with Crippen LogP contribution in [0.15, 0.2) is 72.8 Å². The number of hydrogen-bond acceptors (Lipinski definition) is 6. The van der Waals surface area contributed by atoms with Gasteiger partial charge in [0.2, 0.25) is 0 Å². The second kappa shape index (κ2) is 10.8. The fraction of sp³-hybridized carbons (Fsp3) is 0.222. The molecule has 4 rings (SSSR count). The number of ether oxygens (including phenoxy) is 3. The Hall–Kier alpha value is -4.53. The maximum atomic E-state index is 12.7. The minimum absolute atomic E-state index is 0.375. The van der Waals surface area contributed by atoms with E-state index in [1.165, 1.54) is 0 Å². The minimum atomic E-state index is -0.826. The van der Waals surface area contributed by atoms with Crippen molar-refractivity contribution in [2.24, 2.45) is 0 Å². The van der Waals surface area contributed by atoms with Crippen molar-refractivity contribution in [1.82, 2.24) is 0 Å². The molecule has 0 aliphatic carbocycles. The number of hydrogen-bond donors (Lipinski definition) is 3. The maximum Gasteiger partial charge on any atom is 0.265 e. The number of carbonyl (C=O) groups is 3. The van der Waals surface area contributed by atoms with Gasteiger partial charge in [0.05, 0.1) is 0 Å². The van der Waals surface area contributed by atoms with Crippen LogP contribution in [0.3, 0.4) is 0 Å². The van der Waals surface area contributed by atoms with E-state index in [2.05, 4.69) is 16.0 Å². The first-order valence-electron chi connectivity index (χ1n) is 11.5. The summed E-state index contributed by atoms with van der Waals surface area (Å²) in [4.78, 5) is 38.1. The summed E-state index contributed by atoms with van der Waals surface area (Å²) >= 11 is 0. The number of fused-ring (bicyclic) bond motifs is 6. The fourth-order valence-electron chi connectivity index (χ4n) is 3.45. The van der Waals surface area contributed by atoms with Crippen LogP contribution in [0, 0.1) is 0 Å². The smallest absolute Gasteiger partial charge is 0.265 e. The molecule has 3 atom stereocenters. The summed E-state index contributed by atoms with van der Waals surface area (Å²) < 4.78 is 17.3. The van der Waals surface area contributed by atoms with E-state index in [1.54, 1.807) is 93.6 Å². The largest absolute Gasteiger partial charge is 0.481 e. The molecular weight excluding hydrogens is 462 g/mol. The second-order valence-corrected chi connectivity index (χ2v) is 8.33. The van der Waals surface area contributed by atoms with E-state index in [9.17, 15) is 14.4 Å². The van der Waals surface area contributed by atoms with Gasteiger partial charge < -0.3 is 30.2 Å². The summed E-state index contributed by atoms with van der Waals surface area (Å²) in [6.45, 7) is 4.85. The van der Waals surface area contributed by atoms with Crippen molar-refractivity contribution >= 4 is 34.8 Å². The Morgan fingerprint density at radius 2 is 0.778 bits per heavy atom. The van der Waals surface area contributed by atoms with Gasteiger partial charge in [-0.3, -0.25) is 14.4 Å². The van der Waals surface area contributed by atoms with Gasteiger partial charge in [-0.2, -0.15) is 0 Å². The molecule has 1 aliphatic heterocycles. The molecule has 6 bridgehead atoms. The maximum absolute atomic E-state index is 12.7. The lowest BCUT2D eigenvalue weighted by atomic mass is 10.2. The van der Waals surface area contributed by atoms with Crippen molar-refractivity contribution in [3.05, 3.63) is 72.8 Å². The minimum Gasteiger partial charge on any atom is -0.481 e. The molecule has 0 saturated heterocycles. The molecule has 0 radical (unpaired) electrons. The molecule has 3 N–H and O–H groups in total. The molecule has 0 spiro atoms. The molecule has 9 heteroatoms. The summed E-state index contributed by atoms with van der Waals surface area (Å²) in [7, 11) is 0. The third kappa shape index (κ3) is 6.32. The lowest BCUT2D eigenvalue weighted by molar-refractivity contribution is -0.122. The predicted molar refractivity (Wildman–Crippen MR) is 135 cm³/mol. The van der Waals surface area contributed by atoms with Gasteiger partial charge in [0.15, 0.2) is 18.3 Å². The number of amides is 3. The predicted octanol–water partition coefficient (Wildman–Crippen LogP) is 4.22. The zero-order valence-electron chi connectivity index (χ0n) is 20.1. The molecule has 3 aromatic carbocycles. The fourth-order valence-corrected chi connectivity index (χ4v) is 3.45. The quantitative estimate of drug-likeness (QED) is 0.436. The van der Waals surface area contributed by atoms with Gasteiger partial charge in [-0.05, 0) is 57.2 Å². The van der Waals surface area contributed by atoms with Crippen molar-refractivity contribution in [3.63, 3.8) is 0 Å². The van der Waals surface area contributed by atoms with Crippen molar-refractivity contribution in [1.29, 1.82) is 0 Å². The van der Waals surface area contributed by atoms with Crippen LogP contribution in [0.4, 0.5) is 17.1 Å². The van der Waals surface area contributed by atoms with Crippen molar-refractivity contribution in [2.75, 3.05) is 16.0 Å². The molecular formula is C27H27N3O6. The summed E-state index contributed by atoms with van der Waals surface area (Å²) in [5.41, 5.74) is 1.48. The number of anilines is 3. The van der Waals surface area contributed by atoms with E-state index in [4.69, 9.17) is 14.2 Å². The molecule has 1 aliphatic rings. The van der Waals surface area contributed by atoms with E-state index in [0.717, 1.165) is 0 Å². The Bertz CT molecular complexity index is 1120. The first kappa shape index (κ1) is 24.6. The standard InChI is InChI=1S/C27H27N3O6/c1-16-25(31)28-19-7-5-11-23(14-19)35-18(3)27(33)30-21-9-6-12-24(15-21)36-17(2)26(32)29-20-8-4-10-22(13-20)34-16/h4-18H,1-3H3,(H,28,31)(H,29,32)(H,30,33)/t16-,17-,18?/m0/s1. The summed E-state index contributed by atoms with van der Waals surface area (Å²) in [6, 6.07) is 20.2. The lowest BCUT2D eigenvalue weighted by Crippen LogP contribution is -2.31. The normalized spacial score (nSPS) is 20.8. The Kier molecular flexibility index (Phi) is 7.39. The monoisotopic (exact) mass is 489 g/mol. The van der Waals surface area contributed by atoms with Gasteiger partial charge in [-0.25, -0.2) is 0 Å². The van der Waals surface area contributed by atoms with Crippen molar-refractivity contribution in [3.8, 4) is 17.2 Å². The van der Waals surface area contributed by atoms with Crippen LogP contribution in [0.1, 0.15) is 20.8 Å².